The Kier molecular flexibility index (Phi) is 3.18. The number of imidazole rings is 1. The van der Waals surface area contributed by atoms with Crippen molar-refractivity contribution in [2.24, 2.45) is 0 Å². The van der Waals surface area contributed by atoms with E-state index in [1.165, 1.54) is 4.57 Å². The molecule has 0 saturated carbocycles. The van der Waals surface area contributed by atoms with E-state index in [2.05, 4.69) is 9.97 Å². The van der Waals surface area contributed by atoms with Crippen LogP contribution in [0, 0.1) is 0 Å². The molecule has 0 fully saturated rings. The third-order valence-electron chi connectivity index (χ3n) is 4.15. The minimum atomic E-state index is -0.203. The van der Waals surface area contributed by atoms with Crippen LogP contribution in [0.1, 0.15) is 11.5 Å². The maximum absolute atomic E-state index is 12.9. The summed E-state index contributed by atoms with van der Waals surface area (Å²) >= 11 is 0. The predicted octanol–water partition coefficient (Wildman–Crippen LogP) is 3.70. The van der Waals surface area contributed by atoms with E-state index in [-0.39, 0.29) is 5.56 Å². The predicted molar refractivity (Wildman–Crippen MR) is 92.3 cm³/mol. The van der Waals surface area contributed by atoms with Crippen molar-refractivity contribution in [1.29, 1.82) is 0 Å². The fraction of sp³-hybridized carbons (Fsp3) is 0.0526. The number of nitrogens with one attached hydrogen (secondary N) is 1. The molecule has 7 heteroatoms. The highest BCUT2D eigenvalue weighted by Gasteiger charge is 2.23. The lowest BCUT2D eigenvalue weighted by molar-refractivity contribution is 0.519. The lowest BCUT2D eigenvalue weighted by Crippen LogP contribution is -2.16. The molecule has 0 bridgehead atoms. The fourth-order valence-corrected chi connectivity index (χ4v) is 2.96. The van der Waals surface area contributed by atoms with E-state index in [1.54, 1.807) is 43.2 Å². The Balaban J connectivity index is 1.74. The highest BCUT2D eigenvalue weighted by molar-refractivity contribution is 5.67. The van der Waals surface area contributed by atoms with Crippen molar-refractivity contribution < 1.29 is 13.3 Å². The number of aromatic amines is 1. The first-order chi connectivity index (χ1) is 12.8. The lowest BCUT2D eigenvalue weighted by Gasteiger charge is -2.09. The van der Waals surface area contributed by atoms with Gasteiger partial charge in [0, 0.05) is 6.20 Å². The number of rotatable bonds is 4. The molecule has 0 spiro atoms. The summed E-state index contributed by atoms with van der Waals surface area (Å²) in [5.41, 5.74) is 1.45. The van der Waals surface area contributed by atoms with Gasteiger partial charge in [-0.05, 0) is 36.4 Å². The topological polar surface area (TPSA) is 90.1 Å². The highest BCUT2D eigenvalue weighted by atomic mass is 16.3. The zero-order valence-electron chi connectivity index (χ0n) is 13.5. The van der Waals surface area contributed by atoms with E-state index >= 15 is 0 Å². The number of H-pyrrole nitrogens is 1. The molecule has 0 amide bonds. The van der Waals surface area contributed by atoms with Gasteiger partial charge in [-0.2, -0.15) is 0 Å². The van der Waals surface area contributed by atoms with Crippen molar-refractivity contribution in [3.63, 3.8) is 0 Å². The second-order valence-electron chi connectivity index (χ2n) is 5.81. The number of fused-ring (bicyclic) bond motifs is 1. The molecule has 2 aliphatic rings. The van der Waals surface area contributed by atoms with Crippen molar-refractivity contribution in [1.82, 2.24) is 14.5 Å². The van der Waals surface area contributed by atoms with Crippen LogP contribution in [0.2, 0.25) is 0 Å². The van der Waals surface area contributed by atoms with Crippen molar-refractivity contribution in [2.45, 2.75) is 6.42 Å². The van der Waals surface area contributed by atoms with Gasteiger partial charge in [0.1, 0.15) is 17.1 Å². The standard InChI is InChI=1S/C19H13N3O4/c23-19-13(10-12-4-1-7-24-12)21-18-17(16-6-3-9-26-16)20-14(11-22(18)19)15-5-2-8-25-15/h1-9,11,20H,10H2. The Labute approximate surface area is 146 Å². The van der Waals surface area contributed by atoms with Gasteiger partial charge in [0.15, 0.2) is 17.3 Å². The number of furan rings is 3. The van der Waals surface area contributed by atoms with Crippen molar-refractivity contribution in [3.8, 4) is 28.7 Å². The zero-order valence-corrected chi connectivity index (χ0v) is 13.5. The summed E-state index contributed by atoms with van der Waals surface area (Å²) in [7, 11) is 0. The molecule has 5 rings (SSSR count). The van der Waals surface area contributed by atoms with E-state index in [0.29, 0.717) is 46.6 Å². The van der Waals surface area contributed by atoms with Crippen LogP contribution < -0.4 is 5.56 Å². The number of hydrogen-bond donors (Lipinski definition) is 1. The minimum absolute atomic E-state index is 0.203. The second kappa shape index (κ2) is 5.66. The van der Waals surface area contributed by atoms with Crippen molar-refractivity contribution >= 4 is 0 Å². The van der Waals surface area contributed by atoms with Gasteiger partial charge in [0.25, 0.3) is 5.56 Å². The molecule has 7 nitrogen and oxygen atoms in total. The summed E-state index contributed by atoms with van der Waals surface area (Å²) in [6, 6.07) is 10.8. The number of hydrogen-bond acceptors (Lipinski definition) is 5. The van der Waals surface area contributed by atoms with E-state index in [0.717, 1.165) is 0 Å². The third-order valence-corrected chi connectivity index (χ3v) is 4.15. The molecule has 3 aromatic heterocycles. The molecule has 0 aliphatic carbocycles. The summed E-state index contributed by atoms with van der Waals surface area (Å²) in [4.78, 5) is 20.7. The molecule has 0 saturated heterocycles. The molecule has 26 heavy (non-hydrogen) atoms. The first kappa shape index (κ1) is 14.6. The smallest absolute Gasteiger partial charge is 0.278 e. The van der Waals surface area contributed by atoms with Crippen LogP contribution in [0.25, 0.3) is 28.7 Å². The molecule has 0 radical (unpaired) electrons. The van der Waals surface area contributed by atoms with Gasteiger partial charge in [-0.3, -0.25) is 9.36 Å². The van der Waals surface area contributed by atoms with Crippen LogP contribution in [-0.2, 0) is 6.42 Å². The van der Waals surface area contributed by atoms with E-state index < -0.39 is 0 Å². The van der Waals surface area contributed by atoms with Gasteiger partial charge >= 0.3 is 0 Å². The van der Waals surface area contributed by atoms with Crippen molar-refractivity contribution in [2.75, 3.05) is 0 Å². The molecular formula is C19H13N3O4. The largest absolute Gasteiger partial charge is 0.469 e. The molecule has 0 aromatic carbocycles. The summed E-state index contributed by atoms with van der Waals surface area (Å²) in [5, 5.41) is 0. The monoisotopic (exact) mass is 347 g/mol. The Morgan fingerprint density at radius 2 is 1.69 bits per heavy atom. The summed E-state index contributed by atoms with van der Waals surface area (Å²) in [6.45, 7) is 0. The van der Waals surface area contributed by atoms with Gasteiger partial charge in [0.05, 0.1) is 30.9 Å². The second-order valence-corrected chi connectivity index (χ2v) is 5.81. The minimum Gasteiger partial charge on any atom is -0.469 e. The van der Waals surface area contributed by atoms with Crippen LogP contribution in [0.15, 0.2) is 79.4 Å². The van der Waals surface area contributed by atoms with Crippen LogP contribution in [0.5, 0.6) is 0 Å². The number of aromatic nitrogens is 3. The third kappa shape index (κ3) is 2.29. The molecular weight excluding hydrogens is 334 g/mol. The van der Waals surface area contributed by atoms with E-state index in [4.69, 9.17) is 13.3 Å². The Hall–Kier alpha value is -3.74. The molecule has 0 unspecified atom stereocenters. The SMILES string of the molecule is O=c1c(Cc2ccco2)nc2c(-c3ccco3)[nH]c(-c3ccco3)cn1-2. The molecule has 1 N–H and O–H groups in total. The summed E-state index contributed by atoms with van der Waals surface area (Å²) < 4.78 is 17.8. The van der Waals surface area contributed by atoms with Gasteiger partial charge in [-0.1, -0.05) is 0 Å². The summed E-state index contributed by atoms with van der Waals surface area (Å²) in [5.74, 6) is 2.36. The first-order valence-corrected chi connectivity index (χ1v) is 8.04. The quantitative estimate of drug-likeness (QED) is 0.535. The van der Waals surface area contributed by atoms with Gasteiger partial charge < -0.3 is 18.2 Å². The van der Waals surface area contributed by atoms with Gasteiger partial charge in [-0.15, -0.1) is 0 Å². The zero-order chi connectivity index (χ0) is 17.5. The maximum Gasteiger partial charge on any atom is 0.278 e. The molecule has 5 heterocycles. The Bertz CT molecular complexity index is 1160. The van der Waals surface area contributed by atoms with Crippen molar-refractivity contribution in [3.05, 3.63) is 83.2 Å². The summed E-state index contributed by atoms with van der Waals surface area (Å²) in [6.07, 6.45) is 6.73. The Morgan fingerprint density at radius 3 is 2.38 bits per heavy atom. The maximum atomic E-state index is 12.9. The van der Waals surface area contributed by atoms with Crippen LogP contribution >= 0.6 is 0 Å². The Morgan fingerprint density at radius 1 is 0.962 bits per heavy atom. The average Bonchev–Trinajstić information content (AvgIpc) is 3.45. The molecule has 0 atom stereocenters. The lowest BCUT2D eigenvalue weighted by atomic mass is 10.2. The average molecular weight is 347 g/mol. The van der Waals surface area contributed by atoms with Crippen LogP contribution in [-0.4, -0.2) is 14.5 Å². The number of nitrogens with zero attached hydrogens (tertiary/aromatic N) is 2. The molecule has 2 aliphatic heterocycles. The normalized spacial score (nSPS) is 11.4. The van der Waals surface area contributed by atoms with Gasteiger partial charge in [-0.25, -0.2) is 4.98 Å². The molecule has 128 valence electrons. The molecule has 3 aromatic rings. The fourth-order valence-electron chi connectivity index (χ4n) is 2.96. The first-order valence-electron chi connectivity index (χ1n) is 8.04. The van der Waals surface area contributed by atoms with Crippen LogP contribution in [0.3, 0.4) is 0 Å². The van der Waals surface area contributed by atoms with E-state index in [9.17, 15) is 4.79 Å². The highest BCUT2D eigenvalue weighted by Crippen LogP contribution is 2.29. The van der Waals surface area contributed by atoms with Gasteiger partial charge in [0.2, 0.25) is 0 Å². The van der Waals surface area contributed by atoms with E-state index in [1.807, 2.05) is 18.2 Å². The van der Waals surface area contributed by atoms with Crippen LogP contribution in [0.4, 0.5) is 0 Å².